The van der Waals surface area contributed by atoms with E-state index in [1.807, 2.05) is 12.1 Å². The lowest BCUT2D eigenvalue weighted by Gasteiger charge is -1.98. The SMILES string of the molecule is NCc1ccc(C(=O)NC2CC2)s1. The molecule has 4 heteroatoms. The van der Waals surface area contributed by atoms with Crippen LogP contribution < -0.4 is 11.1 Å². The fraction of sp³-hybridized carbons (Fsp3) is 0.444. The van der Waals surface area contributed by atoms with E-state index >= 15 is 0 Å². The van der Waals surface area contributed by atoms with E-state index in [-0.39, 0.29) is 5.91 Å². The number of amides is 1. The molecular weight excluding hydrogens is 184 g/mol. The maximum Gasteiger partial charge on any atom is 0.261 e. The smallest absolute Gasteiger partial charge is 0.261 e. The largest absolute Gasteiger partial charge is 0.349 e. The normalized spacial score (nSPS) is 15.8. The predicted octanol–water partition coefficient (Wildman–Crippen LogP) is 1.10. The molecule has 1 fully saturated rings. The summed E-state index contributed by atoms with van der Waals surface area (Å²) in [4.78, 5) is 13.3. The number of carbonyl (C=O) groups excluding carboxylic acids is 1. The van der Waals surface area contributed by atoms with E-state index in [9.17, 15) is 4.79 Å². The van der Waals surface area contributed by atoms with Gasteiger partial charge in [-0.3, -0.25) is 4.79 Å². The van der Waals surface area contributed by atoms with Gasteiger partial charge in [0.05, 0.1) is 4.88 Å². The standard InChI is InChI=1S/C9H12N2OS/c10-5-7-3-4-8(13-7)9(12)11-6-1-2-6/h3-4,6H,1-2,5,10H2,(H,11,12). The molecule has 0 atom stereocenters. The maximum atomic E-state index is 11.5. The van der Waals surface area contributed by atoms with Crippen molar-refractivity contribution >= 4 is 17.2 Å². The summed E-state index contributed by atoms with van der Waals surface area (Å²) >= 11 is 1.47. The second-order valence-corrected chi connectivity index (χ2v) is 4.39. The minimum Gasteiger partial charge on any atom is -0.349 e. The highest BCUT2D eigenvalue weighted by Gasteiger charge is 2.24. The average Bonchev–Trinajstić information content (AvgIpc) is 2.82. The minimum atomic E-state index is 0.0483. The molecular formula is C9H12N2OS. The van der Waals surface area contributed by atoms with E-state index in [0.29, 0.717) is 12.6 Å². The molecule has 3 N–H and O–H groups in total. The van der Waals surface area contributed by atoms with E-state index in [1.165, 1.54) is 11.3 Å². The van der Waals surface area contributed by atoms with E-state index in [2.05, 4.69) is 5.32 Å². The van der Waals surface area contributed by atoms with Crippen LogP contribution in [0.1, 0.15) is 27.4 Å². The minimum absolute atomic E-state index is 0.0483. The third-order valence-corrected chi connectivity index (χ3v) is 3.11. The summed E-state index contributed by atoms with van der Waals surface area (Å²) in [5.74, 6) is 0.0483. The molecule has 1 aromatic heterocycles. The lowest BCUT2D eigenvalue weighted by molar-refractivity contribution is 0.0955. The molecule has 0 aromatic carbocycles. The Bertz CT molecular complexity index is 317. The van der Waals surface area contributed by atoms with Crippen molar-refractivity contribution in [1.29, 1.82) is 0 Å². The van der Waals surface area contributed by atoms with Crippen LogP contribution in [0.2, 0.25) is 0 Å². The van der Waals surface area contributed by atoms with Crippen LogP contribution in [0, 0.1) is 0 Å². The second kappa shape index (κ2) is 3.47. The number of thiophene rings is 1. The lowest BCUT2D eigenvalue weighted by atomic mass is 10.4. The first kappa shape index (κ1) is 8.72. The van der Waals surface area contributed by atoms with Crippen LogP contribution in [0.3, 0.4) is 0 Å². The molecule has 1 aliphatic carbocycles. The van der Waals surface area contributed by atoms with Gasteiger partial charge in [-0.25, -0.2) is 0 Å². The molecule has 13 heavy (non-hydrogen) atoms. The number of hydrogen-bond acceptors (Lipinski definition) is 3. The van der Waals surface area contributed by atoms with Gasteiger partial charge in [0, 0.05) is 17.5 Å². The highest BCUT2D eigenvalue weighted by atomic mass is 32.1. The van der Waals surface area contributed by atoms with E-state index in [1.54, 1.807) is 0 Å². The third-order valence-electron chi connectivity index (χ3n) is 2.00. The van der Waals surface area contributed by atoms with Crippen molar-refractivity contribution in [3.8, 4) is 0 Å². The van der Waals surface area contributed by atoms with Crippen molar-refractivity contribution in [1.82, 2.24) is 5.32 Å². The molecule has 0 unspecified atom stereocenters. The predicted molar refractivity (Wildman–Crippen MR) is 52.7 cm³/mol. The van der Waals surface area contributed by atoms with Crippen molar-refractivity contribution in [3.63, 3.8) is 0 Å². The molecule has 0 aliphatic heterocycles. The maximum absolute atomic E-state index is 11.5. The Kier molecular flexibility index (Phi) is 2.33. The van der Waals surface area contributed by atoms with Crippen LogP contribution >= 0.6 is 11.3 Å². The molecule has 0 saturated heterocycles. The topological polar surface area (TPSA) is 55.1 Å². The first-order valence-corrected chi connectivity index (χ1v) is 5.21. The van der Waals surface area contributed by atoms with Crippen molar-refractivity contribution in [2.24, 2.45) is 5.73 Å². The number of nitrogens with two attached hydrogens (primary N) is 1. The number of carbonyl (C=O) groups is 1. The zero-order valence-electron chi connectivity index (χ0n) is 7.25. The van der Waals surface area contributed by atoms with Gasteiger partial charge < -0.3 is 11.1 Å². The van der Waals surface area contributed by atoms with Gasteiger partial charge in [-0.15, -0.1) is 11.3 Å². The summed E-state index contributed by atoms with van der Waals surface area (Å²) in [5.41, 5.74) is 5.46. The molecule has 1 aromatic rings. The van der Waals surface area contributed by atoms with E-state index in [4.69, 9.17) is 5.73 Å². The molecule has 0 radical (unpaired) electrons. The van der Waals surface area contributed by atoms with E-state index < -0.39 is 0 Å². The third kappa shape index (κ3) is 2.08. The lowest BCUT2D eigenvalue weighted by Crippen LogP contribution is -2.24. The summed E-state index contributed by atoms with van der Waals surface area (Å²) in [6.07, 6.45) is 2.25. The first-order valence-electron chi connectivity index (χ1n) is 4.39. The second-order valence-electron chi connectivity index (χ2n) is 3.22. The van der Waals surface area contributed by atoms with Crippen LogP contribution in [0.5, 0.6) is 0 Å². The van der Waals surface area contributed by atoms with Crippen LogP contribution in [0.4, 0.5) is 0 Å². The van der Waals surface area contributed by atoms with E-state index in [0.717, 1.165) is 22.6 Å². The molecule has 1 saturated carbocycles. The van der Waals surface area contributed by atoms with Crippen LogP contribution in [-0.2, 0) is 6.54 Å². The quantitative estimate of drug-likeness (QED) is 0.760. The number of rotatable bonds is 3. The van der Waals surface area contributed by atoms with Crippen LogP contribution in [-0.4, -0.2) is 11.9 Å². The summed E-state index contributed by atoms with van der Waals surface area (Å²) in [7, 11) is 0. The zero-order chi connectivity index (χ0) is 9.26. The van der Waals surface area contributed by atoms with Gasteiger partial charge in [0.1, 0.15) is 0 Å². The molecule has 1 heterocycles. The van der Waals surface area contributed by atoms with Crippen molar-refractivity contribution in [2.45, 2.75) is 25.4 Å². The Morgan fingerprint density at radius 1 is 1.62 bits per heavy atom. The molecule has 0 spiro atoms. The molecule has 0 bridgehead atoms. The summed E-state index contributed by atoms with van der Waals surface area (Å²) in [5, 5.41) is 2.94. The average molecular weight is 196 g/mol. The van der Waals surface area contributed by atoms with Gasteiger partial charge in [-0.2, -0.15) is 0 Å². The number of nitrogens with one attached hydrogen (secondary N) is 1. The van der Waals surface area contributed by atoms with Crippen molar-refractivity contribution < 1.29 is 4.79 Å². The van der Waals surface area contributed by atoms with Gasteiger partial charge in [0.15, 0.2) is 0 Å². The van der Waals surface area contributed by atoms with Crippen LogP contribution in [0.25, 0.3) is 0 Å². The molecule has 2 rings (SSSR count). The van der Waals surface area contributed by atoms with Crippen molar-refractivity contribution in [3.05, 3.63) is 21.9 Å². The highest BCUT2D eigenvalue weighted by molar-refractivity contribution is 7.14. The molecule has 1 aliphatic rings. The molecule has 1 amide bonds. The van der Waals surface area contributed by atoms with Gasteiger partial charge in [-0.05, 0) is 25.0 Å². The Balaban J connectivity index is 2.01. The van der Waals surface area contributed by atoms with Gasteiger partial charge in [-0.1, -0.05) is 0 Å². The fourth-order valence-corrected chi connectivity index (χ4v) is 1.88. The van der Waals surface area contributed by atoms with Crippen molar-refractivity contribution in [2.75, 3.05) is 0 Å². The first-order chi connectivity index (χ1) is 6.29. The fourth-order valence-electron chi connectivity index (χ4n) is 1.09. The Labute approximate surface area is 80.9 Å². The van der Waals surface area contributed by atoms with Gasteiger partial charge in [0.2, 0.25) is 0 Å². The molecule has 3 nitrogen and oxygen atoms in total. The van der Waals surface area contributed by atoms with Gasteiger partial charge in [0.25, 0.3) is 5.91 Å². The Morgan fingerprint density at radius 2 is 2.38 bits per heavy atom. The highest BCUT2D eigenvalue weighted by Crippen LogP contribution is 2.21. The Morgan fingerprint density at radius 3 is 2.92 bits per heavy atom. The zero-order valence-corrected chi connectivity index (χ0v) is 8.06. The Hall–Kier alpha value is -0.870. The number of hydrogen-bond donors (Lipinski definition) is 2. The van der Waals surface area contributed by atoms with Gasteiger partial charge >= 0.3 is 0 Å². The summed E-state index contributed by atoms with van der Waals surface area (Å²) < 4.78 is 0. The summed E-state index contributed by atoms with van der Waals surface area (Å²) in [6.45, 7) is 0.515. The van der Waals surface area contributed by atoms with Crippen LogP contribution in [0.15, 0.2) is 12.1 Å². The monoisotopic (exact) mass is 196 g/mol. The summed E-state index contributed by atoms with van der Waals surface area (Å²) in [6, 6.07) is 4.17. The molecule has 70 valence electrons.